The summed E-state index contributed by atoms with van der Waals surface area (Å²) in [6.07, 6.45) is 5.66. The van der Waals surface area contributed by atoms with E-state index in [1.54, 1.807) is 13.0 Å². The lowest BCUT2D eigenvalue weighted by atomic mass is 9.98. The van der Waals surface area contributed by atoms with Crippen molar-refractivity contribution in [2.45, 2.75) is 51.6 Å². The Balaban J connectivity index is 1.63. The fraction of sp³-hybridized carbons (Fsp3) is 0.381. The van der Waals surface area contributed by atoms with Gasteiger partial charge in [0.05, 0.1) is 5.39 Å². The fourth-order valence-corrected chi connectivity index (χ4v) is 4.99. The van der Waals surface area contributed by atoms with Crippen LogP contribution in [-0.4, -0.2) is 22.0 Å². The highest BCUT2D eigenvalue weighted by Crippen LogP contribution is 2.29. The first-order valence-corrected chi connectivity index (χ1v) is 10.7. The number of fused-ring (bicyclic) bond motifs is 1. The number of halogens is 1. The van der Waals surface area contributed by atoms with Gasteiger partial charge in [0.25, 0.3) is 5.56 Å². The molecule has 1 aliphatic rings. The third-order valence-electron chi connectivity index (χ3n) is 5.12. The predicted molar refractivity (Wildman–Crippen MR) is 112 cm³/mol. The third kappa shape index (κ3) is 3.98. The predicted octanol–water partition coefficient (Wildman–Crippen LogP) is 5.03. The molecule has 5 nitrogen and oxygen atoms in total. The highest BCUT2D eigenvalue weighted by molar-refractivity contribution is 7.20. The number of nitrogens with one attached hydrogen (secondary N) is 1. The molecule has 1 N–H and O–H groups in total. The summed E-state index contributed by atoms with van der Waals surface area (Å²) >= 11 is 7.27. The van der Waals surface area contributed by atoms with E-state index in [1.807, 2.05) is 18.2 Å². The van der Waals surface area contributed by atoms with Crippen molar-refractivity contribution in [1.82, 2.24) is 9.97 Å². The fourth-order valence-electron chi connectivity index (χ4n) is 3.70. The first kappa shape index (κ1) is 19.2. The van der Waals surface area contributed by atoms with Crippen molar-refractivity contribution in [3.63, 3.8) is 0 Å². The zero-order chi connectivity index (χ0) is 19.7. The number of thiophene rings is 1. The summed E-state index contributed by atoms with van der Waals surface area (Å²) in [5.74, 6) is 0.205. The molecule has 0 unspecified atom stereocenters. The molecule has 1 aliphatic carbocycles. The van der Waals surface area contributed by atoms with Crippen LogP contribution >= 0.6 is 22.9 Å². The van der Waals surface area contributed by atoms with Gasteiger partial charge in [-0.3, -0.25) is 4.79 Å². The van der Waals surface area contributed by atoms with Crippen molar-refractivity contribution in [3.8, 4) is 0 Å². The Labute approximate surface area is 171 Å². The molecule has 0 amide bonds. The number of hydrogen-bond acceptors (Lipinski definition) is 5. The van der Waals surface area contributed by atoms with Crippen LogP contribution in [0.1, 0.15) is 58.7 Å². The maximum atomic E-state index is 12.7. The molecule has 4 rings (SSSR count). The molecular formula is C21H21ClN2O3S. The number of hydrogen-bond donors (Lipinski definition) is 1. The van der Waals surface area contributed by atoms with Gasteiger partial charge in [-0.25, -0.2) is 9.78 Å². The molecule has 2 aromatic heterocycles. The molecule has 1 aromatic carbocycles. The second-order valence-corrected chi connectivity index (χ2v) is 8.66. The summed E-state index contributed by atoms with van der Waals surface area (Å²) in [6.45, 7) is 1.78. The second kappa shape index (κ2) is 8.05. The third-order valence-corrected chi connectivity index (χ3v) is 6.52. The molecule has 0 aliphatic heterocycles. The largest absolute Gasteiger partial charge is 0.458 e. The van der Waals surface area contributed by atoms with Crippen LogP contribution in [0.4, 0.5) is 0 Å². The van der Waals surface area contributed by atoms with Crippen LogP contribution < -0.4 is 5.56 Å². The lowest BCUT2D eigenvalue weighted by Crippen LogP contribution is -2.20. The van der Waals surface area contributed by atoms with Gasteiger partial charge < -0.3 is 9.72 Å². The SMILES string of the molecule is Cc1c(C(=O)OC2CCCCC2)sc2nc(Cc3cccc(Cl)c3)[nH]c(=O)c12. The number of aromatic amines is 1. The summed E-state index contributed by atoms with van der Waals surface area (Å²) in [6, 6.07) is 7.45. The van der Waals surface area contributed by atoms with Gasteiger partial charge in [0.1, 0.15) is 21.6 Å². The molecular weight excluding hydrogens is 396 g/mol. The van der Waals surface area contributed by atoms with Crippen LogP contribution in [0.25, 0.3) is 10.2 Å². The summed E-state index contributed by atoms with van der Waals surface area (Å²) in [7, 11) is 0. The van der Waals surface area contributed by atoms with Crippen molar-refractivity contribution in [2.75, 3.05) is 0 Å². The van der Waals surface area contributed by atoms with E-state index in [9.17, 15) is 9.59 Å². The summed E-state index contributed by atoms with van der Waals surface area (Å²) in [5.41, 5.74) is 1.37. The Hall–Kier alpha value is -2.18. The number of benzene rings is 1. The molecule has 1 saturated carbocycles. The Morgan fingerprint density at radius 1 is 1.32 bits per heavy atom. The van der Waals surface area contributed by atoms with E-state index < -0.39 is 0 Å². The number of ether oxygens (including phenoxy) is 1. The number of rotatable bonds is 4. The van der Waals surface area contributed by atoms with Gasteiger partial charge in [0.2, 0.25) is 0 Å². The van der Waals surface area contributed by atoms with E-state index in [1.165, 1.54) is 17.8 Å². The van der Waals surface area contributed by atoms with Crippen molar-refractivity contribution in [2.24, 2.45) is 0 Å². The van der Waals surface area contributed by atoms with Crippen LogP contribution in [0.2, 0.25) is 5.02 Å². The standard InChI is InChI=1S/C21H21ClN2O3S/c1-12-17-19(25)23-16(11-13-6-5-7-14(22)10-13)24-20(17)28-18(12)21(26)27-15-8-3-2-4-9-15/h5-7,10,15H,2-4,8-9,11H2,1H3,(H,23,24,25). The van der Waals surface area contributed by atoms with Gasteiger partial charge in [-0.05, 0) is 55.9 Å². The molecule has 1 fully saturated rings. The molecule has 0 atom stereocenters. The molecule has 2 heterocycles. The topological polar surface area (TPSA) is 72.0 Å². The van der Waals surface area contributed by atoms with E-state index in [2.05, 4.69) is 9.97 Å². The van der Waals surface area contributed by atoms with Crippen LogP contribution in [0, 0.1) is 6.92 Å². The minimum atomic E-state index is -0.344. The molecule has 0 bridgehead atoms. The number of carbonyl (C=O) groups excluding carboxylic acids is 1. The van der Waals surface area contributed by atoms with Crippen LogP contribution in [0.15, 0.2) is 29.1 Å². The molecule has 0 spiro atoms. The Kier molecular flexibility index (Phi) is 5.51. The first-order chi connectivity index (χ1) is 13.5. The van der Waals surface area contributed by atoms with E-state index in [0.717, 1.165) is 31.2 Å². The number of nitrogens with zero attached hydrogens (tertiary/aromatic N) is 1. The first-order valence-electron chi connectivity index (χ1n) is 9.49. The monoisotopic (exact) mass is 416 g/mol. The van der Waals surface area contributed by atoms with E-state index in [-0.39, 0.29) is 17.6 Å². The van der Waals surface area contributed by atoms with Gasteiger partial charge in [0, 0.05) is 11.4 Å². The van der Waals surface area contributed by atoms with Gasteiger partial charge in [-0.1, -0.05) is 30.2 Å². The number of aromatic nitrogens is 2. The minimum absolute atomic E-state index is 0.0181. The smallest absolute Gasteiger partial charge is 0.348 e. The van der Waals surface area contributed by atoms with Crippen molar-refractivity contribution >= 4 is 39.1 Å². The van der Waals surface area contributed by atoms with Crippen molar-refractivity contribution < 1.29 is 9.53 Å². The molecule has 28 heavy (non-hydrogen) atoms. The summed E-state index contributed by atoms with van der Waals surface area (Å²) < 4.78 is 5.68. The summed E-state index contributed by atoms with van der Waals surface area (Å²) in [4.78, 5) is 33.8. The van der Waals surface area contributed by atoms with Crippen LogP contribution in [0.5, 0.6) is 0 Å². The molecule has 146 valence electrons. The van der Waals surface area contributed by atoms with Crippen LogP contribution in [-0.2, 0) is 11.2 Å². The lowest BCUT2D eigenvalue weighted by Gasteiger charge is -2.21. The van der Waals surface area contributed by atoms with Gasteiger partial charge >= 0.3 is 5.97 Å². The minimum Gasteiger partial charge on any atom is -0.458 e. The lowest BCUT2D eigenvalue weighted by molar-refractivity contribution is 0.0216. The van der Waals surface area contributed by atoms with E-state index in [0.29, 0.717) is 37.9 Å². The Morgan fingerprint density at radius 2 is 2.11 bits per heavy atom. The zero-order valence-electron chi connectivity index (χ0n) is 15.6. The average Bonchev–Trinajstić information content (AvgIpc) is 2.99. The average molecular weight is 417 g/mol. The van der Waals surface area contributed by atoms with Gasteiger partial charge in [0.15, 0.2) is 0 Å². The van der Waals surface area contributed by atoms with Crippen LogP contribution in [0.3, 0.4) is 0 Å². The van der Waals surface area contributed by atoms with Crippen molar-refractivity contribution in [1.29, 1.82) is 0 Å². The van der Waals surface area contributed by atoms with Crippen molar-refractivity contribution in [3.05, 3.63) is 61.5 Å². The Bertz CT molecular complexity index is 1080. The highest BCUT2D eigenvalue weighted by atomic mass is 35.5. The number of aryl methyl sites for hydroxylation is 1. The maximum Gasteiger partial charge on any atom is 0.348 e. The number of H-pyrrole nitrogens is 1. The van der Waals surface area contributed by atoms with E-state index in [4.69, 9.17) is 16.3 Å². The highest BCUT2D eigenvalue weighted by Gasteiger charge is 2.24. The van der Waals surface area contributed by atoms with Gasteiger partial charge in [-0.15, -0.1) is 11.3 Å². The molecule has 0 saturated heterocycles. The quantitative estimate of drug-likeness (QED) is 0.605. The molecule has 7 heteroatoms. The van der Waals surface area contributed by atoms with E-state index >= 15 is 0 Å². The summed E-state index contributed by atoms with van der Waals surface area (Å²) in [5, 5.41) is 1.11. The number of esters is 1. The zero-order valence-corrected chi connectivity index (χ0v) is 17.2. The maximum absolute atomic E-state index is 12.7. The number of carbonyl (C=O) groups is 1. The normalized spacial score (nSPS) is 15.1. The molecule has 3 aromatic rings. The van der Waals surface area contributed by atoms with Gasteiger partial charge in [-0.2, -0.15) is 0 Å². The second-order valence-electron chi connectivity index (χ2n) is 7.22. The molecule has 0 radical (unpaired) electrons. The Morgan fingerprint density at radius 3 is 2.86 bits per heavy atom.